The Morgan fingerprint density at radius 1 is 1.50 bits per heavy atom. The van der Waals surface area contributed by atoms with Crippen molar-refractivity contribution in [2.45, 2.75) is 0 Å². The first-order chi connectivity index (χ1) is 4.86. The molecular formula is C8H8NP. The Labute approximate surface area is 62.5 Å². The van der Waals surface area contributed by atoms with Gasteiger partial charge in [-0.1, -0.05) is 20.7 Å². The van der Waals surface area contributed by atoms with Crippen molar-refractivity contribution in [3.63, 3.8) is 0 Å². The van der Waals surface area contributed by atoms with Crippen LogP contribution in [0.15, 0.2) is 24.3 Å². The van der Waals surface area contributed by atoms with Gasteiger partial charge in [0.05, 0.1) is 11.6 Å². The number of nitrogens with zero attached hydrogens (tertiary/aromatic N) is 1. The van der Waals surface area contributed by atoms with Crippen LogP contribution in [0, 0.1) is 11.3 Å². The van der Waals surface area contributed by atoms with Crippen LogP contribution in [0.5, 0.6) is 0 Å². The van der Waals surface area contributed by atoms with Gasteiger partial charge in [-0.15, -0.1) is 0 Å². The van der Waals surface area contributed by atoms with Crippen molar-refractivity contribution in [1.82, 2.24) is 0 Å². The molecule has 0 spiro atoms. The van der Waals surface area contributed by atoms with Crippen molar-refractivity contribution in [1.29, 1.82) is 5.26 Å². The molecule has 0 aromatic heterocycles. The predicted molar refractivity (Wildman–Crippen MR) is 45.0 cm³/mol. The Balaban J connectivity index is 3.01. The monoisotopic (exact) mass is 149 g/mol. The van der Waals surface area contributed by atoms with E-state index in [-0.39, 0.29) is 0 Å². The molecule has 0 N–H and O–H groups in total. The molecule has 0 bridgehead atoms. The van der Waals surface area contributed by atoms with E-state index in [2.05, 4.69) is 12.7 Å². The summed E-state index contributed by atoms with van der Waals surface area (Å²) < 4.78 is 0. The summed E-state index contributed by atoms with van der Waals surface area (Å²) in [5.41, 5.74) is 0.756. The molecule has 0 aliphatic rings. The van der Waals surface area contributed by atoms with Crippen LogP contribution in [0.1, 0.15) is 5.56 Å². The Kier molecular flexibility index (Phi) is 2.42. The summed E-state index contributed by atoms with van der Waals surface area (Å²) in [6, 6.07) is 9.82. The smallest absolute Gasteiger partial charge is 0.0991 e. The van der Waals surface area contributed by atoms with Gasteiger partial charge >= 0.3 is 0 Å². The average Bonchev–Trinajstić information content (AvgIpc) is 2.05. The van der Waals surface area contributed by atoms with E-state index >= 15 is 0 Å². The number of benzene rings is 1. The maximum atomic E-state index is 8.51. The highest BCUT2D eigenvalue weighted by Crippen LogP contribution is 2.04. The van der Waals surface area contributed by atoms with Crippen molar-refractivity contribution in [2.75, 3.05) is 6.66 Å². The Bertz CT molecular complexity index is 262. The Hall–Kier alpha value is -0.860. The molecule has 0 fully saturated rings. The minimum absolute atomic E-state index is 0.756. The second kappa shape index (κ2) is 3.34. The van der Waals surface area contributed by atoms with Crippen LogP contribution in [-0.4, -0.2) is 6.66 Å². The molecule has 1 rings (SSSR count). The molecule has 0 heterocycles. The molecule has 50 valence electrons. The fraction of sp³-hybridized carbons (Fsp3) is 0.125. The molecular weight excluding hydrogens is 141 g/mol. The van der Waals surface area contributed by atoms with Gasteiger partial charge < -0.3 is 0 Å². The Morgan fingerprint density at radius 2 is 2.30 bits per heavy atom. The number of hydrogen-bond donors (Lipinski definition) is 0. The van der Waals surface area contributed by atoms with Gasteiger partial charge in [0.1, 0.15) is 0 Å². The largest absolute Gasteiger partial charge is 0.192 e. The summed E-state index contributed by atoms with van der Waals surface area (Å²) in [6.45, 7) is 2.11. The lowest BCUT2D eigenvalue weighted by molar-refractivity contribution is 1.49. The van der Waals surface area contributed by atoms with E-state index < -0.39 is 0 Å². The summed E-state index contributed by atoms with van der Waals surface area (Å²) in [7, 11) is 0.778. The van der Waals surface area contributed by atoms with E-state index in [0.717, 1.165) is 14.1 Å². The van der Waals surface area contributed by atoms with Crippen molar-refractivity contribution >= 4 is 13.9 Å². The first-order valence-corrected chi connectivity index (χ1v) is 4.54. The molecule has 0 radical (unpaired) electrons. The quantitative estimate of drug-likeness (QED) is 0.555. The van der Waals surface area contributed by atoms with E-state index in [1.54, 1.807) is 0 Å². The molecule has 1 atom stereocenters. The lowest BCUT2D eigenvalue weighted by Crippen LogP contribution is -1.92. The van der Waals surface area contributed by atoms with Gasteiger partial charge in [-0.25, -0.2) is 0 Å². The second-order valence-corrected chi connectivity index (χ2v) is 3.02. The first-order valence-electron chi connectivity index (χ1n) is 3.04. The molecule has 1 aromatic rings. The van der Waals surface area contributed by atoms with E-state index in [9.17, 15) is 0 Å². The van der Waals surface area contributed by atoms with Crippen LogP contribution in [0.4, 0.5) is 0 Å². The second-order valence-electron chi connectivity index (χ2n) is 1.94. The molecule has 10 heavy (non-hydrogen) atoms. The van der Waals surface area contributed by atoms with E-state index in [1.807, 2.05) is 24.3 Å². The van der Waals surface area contributed by atoms with Gasteiger partial charge in [-0.3, -0.25) is 0 Å². The zero-order chi connectivity index (χ0) is 7.40. The zero-order valence-electron chi connectivity index (χ0n) is 5.76. The van der Waals surface area contributed by atoms with E-state index in [0.29, 0.717) is 0 Å². The maximum Gasteiger partial charge on any atom is 0.0991 e. The molecule has 0 amide bonds. The third-order valence-electron chi connectivity index (χ3n) is 1.28. The number of rotatable bonds is 1. The van der Waals surface area contributed by atoms with Crippen molar-refractivity contribution in [3.8, 4) is 6.07 Å². The standard InChI is InChI=1S/C8H8NP/c1-10-8-4-2-3-7(5-8)6-9/h2-5,10H,1H3. The highest BCUT2D eigenvalue weighted by molar-refractivity contribution is 7.46. The molecule has 0 saturated heterocycles. The molecule has 2 heteroatoms. The van der Waals surface area contributed by atoms with Crippen LogP contribution >= 0.6 is 8.58 Å². The minimum atomic E-state index is 0.756. The van der Waals surface area contributed by atoms with Gasteiger partial charge in [0, 0.05) is 0 Å². The molecule has 0 aliphatic heterocycles. The number of hydrogen-bond acceptors (Lipinski definition) is 1. The SMILES string of the molecule is CPc1cccc(C#N)c1. The van der Waals surface area contributed by atoms with Crippen molar-refractivity contribution < 1.29 is 0 Å². The molecule has 0 aliphatic carbocycles. The Morgan fingerprint density at radius 3 is 2.90 bits per heavy atom. The van der Waals surface area contributed by atoms with Crippen molar-refractivity contribution in [3.05, 3.63) is 29.8 Å². The normalized spacial score (nSPS) is 10.0. The molecule has 0 saturated carbocycles. The van der Waals surface area contributed by atoms with Gasteiger partial charge in [0.25, 0.3) is 0 Å². The van der Waals surface area contributed by atoms with E-state index in [1.165, 1.54) is 5.30 Å². The molecule has 1 aromatic carbocycles. The number of nitriles is 1. The highest BCUT2D eigenvalue weighted by atomic mass is 31.1. The fourth-order valence-corrected chi connectivity index (χ4v) is 1.31. The highest BCUT2D eigenvalue weighted by Gasteiger charge is 1.89. The van der Waals surface area contributed by atoms with Crippen LogP contribution < -0.4 is 5.30 Å². The summed E-state index contributed by atoms with van der Waals surface area (Å²) in [5, 5.41) is 9.76. The third-order valence-corrected chi connectivity index (χ3v) is 2.17. The van der Waals surface area contributed by atoms with E-state index in [4.69, 9.17) is 5.26 Å². The summed E-state index contributed by atoms with van der Waals surface area (Å²) in [4.78, 5) is 0. The van der Waals surface area contributed by atoms with Crippen LogP contribution in [0.3, 0.4) is 0 Å². The van der Waals surface area contributed by atoms with Crippen LogP contribution in [0.2, 0.25) is 0 Å². The lowest BCUT2D eigenvalue weighted by atomic mass is 10.2. The summed E-state index contributed by atoms with van der Waals surface area (Å²) in [6.07, 6.45) is 0. The van der Waals surface area contributed by atoms with Gasteiger partial charge in [-0.2, -0.15) is 5.26 Å². The van der Waals surface area contributed by atoms with Gasteiger partial charge in [0.2, 0.25) is 0 Å². The summed E-state index contributed by atoms with van der Waals surface area (Å²) in [5.74, 6) is 0. The molecule has 1 unspecified atom stereocenters. The lowest BCUT2D eigenvalue weighted by Gasteiger charge is -1.93. The predicted octanol–water partition coefficient (Wildman–Crippen LogP) is 1.49. The molecule has 1 nitrogen and oxygen atoms in total. The van der Waals surface area contributed by atoms with Crippen LogP contribution in [-0.2, 0) is 0 Å². The van der Waals surface area contributed by atoms with Gasteiger partial charge in [0.15, 0.2) is 0 Å². The topological polar surface area (TPSA) is 23.8 Å². The average molecular weight is 149 g/mol. The summed E-state index contributed by atoms with van der Waals surface area (Å²) >= 11 is 0. The van der Waals surface area contributed by atoms with Gasteiger partial charge in [-0.05, 0) is 24.1 Å². The van der Waals surface area contributed by atoms with Crippen LogP contribution in [0.25, 0.3) is 0 Å². The maximum absolute atomic E-state index is 8.51. The fourth-order valence-electron chi connectivity index (χ4n) is 0.744. The first kappa shape index (κ1) is 7.25. The zero-order valence-corrected chi connectivity index (χ0v) is 6.76. The minimum Gasteiger partial charge on any atom is -0.192 e. The third kappa shape index (κ3) is 1.56. The van der Waals surface area contributed by atoms with Crippen molar-refractivity contribution in [2.24, 2.45) is 0 Å².